The van der Waals surface area contributed by atoms with E-state index in [2.05, 4.69) is 32.9 Å². The van der Waals surface area contributed by atoms with E-state index >= 15 is 0 Å². The Hall–Kier alpha value is -1.89. The number of urea groups is 1. The third-order valence-electron chi connectivity index (χ3n) is 2.83. The van der Waals surface area contributed by atoms with E-state index in [9.17, 15) is 4.79 Å². The largest absolute Gasteiger partial charge is 0.338 e. The molecule has 0 radical (unpaired) electrons. The number of carbonyl (C=O) groups is 1. The Bertz CT molecular complexity index is 614. The second-order valence-electron chi connectivity index (χ2n) is 4.37. The summed E-state index contributed by atoms with van der Waals surface area (Å²) in [5, 5.41) is 8.42. The van der Waals surface area contributed by atoms with Crippen LogP contribution in [-0.4, -0.2) is 30.4 Å². The van der Waals surface area contributed by atoms with Crippen LogP contribution in [0.3, 0.4) is 0 Å². The summed E-state index contributed by atoms with van der Waals surface area (Å²) in [4.78, 5) is 20.3. The van der Waals surface area contributed by atoms with Crippen molar-refractivity contribution in [3.63, 3.8) is 0 Å². The highest BCUT2D eigenvalue weighted by Gasteiger charge is 2.10. The number of carbonyl (C=O) groups excluding carboxylic acids is 1. The zero-order valence-corrected chi connectivity index (χ0v) is 12.7. The smallest absolute Gasteiger partial charge is 0.320 e. The summed E-state index contributed by atoms with van der Waals surface area (Å²) in [6.45, 7) is 4.53. The molecule has 0 fully saturated rings. The molecule has 2 amide bonds. The topological polar surface area (TPSA) is 66.9 Å². The highest BCUT2D eigenvalue weighted by Crippen LogP contribution is 2.23. The maximum atomic E-state index is 11.5. The molecule has 2 heterocycles. The fourth-order valence-electron chi connectivity index (χ4n) is 1.74. The van der Waals surface area contributed by atoms with Gasteiger partial charge in [-0.2, -0.15) is 0 Å². The van der Waals surface area contributed by atoms with Gasteiger partial charge in [-0.15, -0.1) is 11.3 Å². The molecule has 0 aliphatic rings. The monoisotopic (exact) mass is 288 g/mol. The first-order valence-corrected chi connectivity index (χ1v) is 7.48. The minimum absolute atomic E-state index is 0.247. The van der Waals surface area contributed by atoms with Crippen molar-refractivity contribution in [3.05, 3.63) is 23.3 Å². The van der Waals surface area contributed by atoms with Crippen molar-refractivity contribution in [2.24, 2.45) is 0 Å². The summed E-state index contributed by atoms with van der Waals surface area (Å²) in [5.41, 5.74) is 3.14. The van der Waals surface area contributed by atoms with Gasteiger partial charge in [-0.3, -0.25) is 5.32 Å². The molecule has 0 bridgehead atoms. The fraction of sp³-hybridized carbons (Fsp3) is 0.308. The number of hydrogen-bond donors (Lipinski definition) is 2. The standard InChI is InChI=1S/C13H17BN4OS/c1-3-8-7-20-12(17-8)9-5-11(16-6-10(9)14)18-13(19)15-4-2/h5-7H,3-4,14H2,1-2H3,(H2,15,16,18,19). The normalized spacial score (nSPS) is 10.3. The van der Waals surface area contributed by atoms with Crippen LogP contribution < -0.4 is 16.1 Å². The van der Waals surface area contributed by atoms with Gasteiger partial charge < -0.3 is 5.32 Å². The lowest BCUT2D eigenvalue weighted by atomic mass is 9.93. The average molecular weight is 288 g/mol. The van der Waals surface area contributed by atoms with Gasteiger partial charge in [-0.05, 0) is 19.4 Å². The van der Waals surface area contributed by atoms with E-state index in [4.69, 9.17) is 0 Å². The third-order valence-corrected chi connectivity index (χ3v) is 3.75. The SMILES string of the molecule is Bc1cnc(NC(=O)NCC)cc1-c1nc(CC)cs1. The molecule has 2 rings (SSSR count). The van der Waals surface area contributed by atoms with Gasteiger partial charge in [0.15, 0.2) is 0 Å². The lowest BCUT2D eigenvalue weighted by molar-refractivity contribution is 0.252. The Labute approximate surface area is 123 Å². The van der Waals surface area contributed by atoms with E-state index < -0.39 is 0 Å². The molecule has 0 atom stereocenters. The average Bonchev–Trinajstić information content (AvgIpc) is 2.90. The van der Waals surface area contributed by atoms with Gasteiger partial charge in [0.1, 0.15) is 18.7 Å². The van der Waals surface area contributed by atoms with Crippen LogP contribution in [0.1, 0.15) is 19.5 Å². The molecule has 104 valence electrons. The number of anilines is 1. The molecule has 0 aromatic carbocycles. The molecule has 2 aromatic rings. The van der Waals surface area contributed by atoms with Crippen molar-refractivity contribution in [1.82, 2.24) is 15.3 Å². The van der Waals surface area contributed by atoms with Gasteiger partial charge >= 0.3 is 6.03 Å². The number of nitrogens with one attached hydrogen (secondary N) is 2. The van der Waals surface area contributed by atoms with Crippen LogP contribution in [0.15, 0.2) is 17.6 Å². The van der Waals surface area contributed by atoms with E-state index in [0.29, 0.717) is 12.4 Å². The Balaban J connectivity index is 2.26. The van der Waals surface area contributed by atoms with E-state index in [-0.39, 0.29) is 6.03 Å². The summed E-state index contributed by atoms with van der Waals surface area (Å²) < 4.78 is 0. The van der Waals surface area contributed by atoms with Crippen molar-refractivity contribution in [2.45, 2.75) is 20.3 Å². The fourth-order valence-corrected chi connectivity index (χ4v) is 2.72. The molecule has 20 heavy (non-hydrogen) atoms. The zero-order valence-electron chi connectivity index (χ0n) is 11.9. The van der Waals surface area contributed by atoms with Gasteiger partial charge in [-0.1, -0.05) is 12.4 Å². The van der Waals surface area contributed by atoms with Gasteiger partial charge in [0.05, 0.1) is 5.69 Å². The number of amides is 2. The minimum Gasteiger partial charge on any atom is -0.338 e. The first-order valence-electron chi connectivity index (χ1n) is 6.60. The van der Waals surface area contributed by atoms with E-state index in [1.165, 1.54) is 0 Å². The molecule has 2 aromatic heterocycles. The first kappa shape index (κ1) is 14.5. The van der Waals surface area contributed by atoms with Gasteiger partial charge in [0, 0.05) is 23.7 Å². The second-order valence-corrected chi connectivity index (χ2v) is 5.22. The van der Waals surface area contributed by atoms with Crippen molar-refractivity contribution in [3.8, 4) is 10.6 Å². The molecule has 0 spiro atoms. The molecule has 0 aliphatic heterocycles. The van der Waals surface area contributed by atoms with Crippen LogP contribution in [0.5, 0.6) is 0 Å². The summed E-state index contributed by atoms with van der Waals surface area (Å²) in [6, 6.07) is 1.62. The van der Waals surface area contributed by atoms with Crippen molar-refractivity contribution in [1.29, 1.82) is 0 Å². The molecule has 2 N–H and O–H groups in total. The van der Waals surface area contributed by atoms with Gasteiger partial charge in [-0.25, -0.2) is 14.8 Å². The Morgan fingerprint density at radius 3 is 2.90 bits per heavy atom. The van der Waals surface area contributed by atoms with Crippen LogP contribution in [0, 0.1) is 0 Å². The van der Waals surface area contributed by atoms with Crippen LogP contribution in [0.2, 0.25) is 0 Å². The van der Waals surface area contributed by atoms with Gasteiger partial charge in [0.2, 0.25) is 0 Å². The lowest BCUT2D eigenvalue weighted by Crippen LogP contribution is -2.28. The molecule has 5 nitrogen and oxygen atoms in total. The molecular formula is C13H17BN4OS. The highest BCUT2D eigenvalue weighted by molar-refractivity contribution is 7.13. The number of nitrogens with zero attached hydrogens (tertiary/aromatic N) is 2. The van der Waals surface area contributed by atoms with Crippen LogP contribution in [0.4, 0.5) is 10.6 Å². The van der Waals surface area contributed by atoms with Crippen molar-refractivity contribution < 1.29 is 4.79 Å². The van der Waals surface area contributed by atoms with Gasteiger partial charge in [0.25, 0.3) is 0 Å². The second kappa shape index (κ2) is 6.52. The lowest BCUT2D eigenvalue weighted by Gasteiger charge is -2.08. The number of hydrogen-bond acceptors (Lipinski definition) is 4. The molecule has 0 saturated heterocycles. The Morgan fingerprint density at radius 2 is 2.25 bits per heavy atom. The third kappa shape index (κ3) is 3.36. The molecular weight excluding hydrogens is 271 g/mol. The summed E-state index contributed by atoms with van der Waals surface area (Å²) >= 11 is 1.61. The van der Waals surface area contributed by atoms with E-state index in [1.54, 1.807) is 17.5 Å². The molecule has 0 aliphatic carbocycles. The number of aromatic nitrogens is 2. The van der Waals surface area contributed by atoms with E-state index in [1.807, 2.05) is 20.8 Å². The predicted octanol–water partition coefficient (Wildman–Crippen LogP) is 1.17. The summed E-state index contributed by atoms with van der Waals surface area (Å²) in [6.07, 6.45) is 2.68. The summed E-state index contributed by atoms with van der Waals surface area (Å²) in [5.74, 6) is 0.532. The predicted molar refractivity (Wildman–Crippen MR) is 85.6 cm³/mol. The maximum absolute atomic E-state index is 11.5. The molecule has 7 heteroatoms. The number of thiazole rings is 1. The quantitative estimate of drug-likeness (QED) is 0.830. The van der Waals surface area contributed by atoms with Crippen molar-refractivity contribution >= 4 is 36.5 Å². The van der Waals surface area contributed by atoms with E-state index in [0.717, 1.165) is 28.1 Å². The van der Waals surface area contributed by atoms with Crippen LogP contribution in [0.25, 0.3) is 10.6 Å². The molecule has 0 unspecified atom stereocenters. The number of pyridine rings is 1. The number of rotatable bonds is 4. The first-order chi connectivity index (χ1) is 9.63. The zero-order chi connectivity index (χ0) is 14.5. The van der Waals surface area contributed by atoms with Crippen LogP contribution >= 0.6 is 11.3 Å². The summed E-state index contributed by atoms with van der Waals surface area (Å²) in [7, 11) is 1.99. The number of aryl methyl sites for hydroxylation is 1. The van der Waals surface area contributed by atoms with Crippen molar-refractivity contribution in [2.75, 3.05) is 11.9 Å². The van der Waals surface area contributed by atoms with Crippen LogP contribution in [-0.2, 0) is 6.42 Å². The Kier molecular flexibility index (Phi) is 4.73. The molecule has 0 saturated carbocycles. The maximum Gasteiger partial charge on any atom is 0.320 e. The minimum atomic E-state index is -0.247. The Morgan fingerprint density at radius 1 is 1.45 bits per heavy atom. The highest BCUT2D eigenvalue weighted by atomic mass is 32.1.